The summed E-state index contributed by atoms with van der Waals surface area (Å²) in [6, 6.07) is 0.657. The lowest BCUT2D eigenvalue weighted by Crippen LogP contribution is -2.59. The van der Waals surface area contributed by atoms with Gasteiger partial charge < -0.3 is 10.2 Å². The normalized spacial score (nSPS) is 31.8. The highest BCUT2D eigenvalue weighted by Crippen LogP contribution is 2.38. The van der Waals surface area contributed by atoms with E-state index < -0.39 is 0 Å². The summed E-state index contributed by atoms with van der Waals surface area (Å²) in [5, 5.41) is 3.60. The number of hydrogen-bond acceptors (Lipinski definition) is 2. The fourth-order valence-electron chi connectivity index (χ4n) is 3.46. The smallest absolute Gasteiger partial charge is 0.0356 e. The molecule has 0 aliphatic heterocycles. The summed E-state index contributed by atoms with van der Waals surface area (Å²) in [7, 11) is 6.68. The lowest BCUT2D eigenvalue weighted by molar-refractivity contribution is 0.0423. The van der Waals surface area contributed by atoms with Crippen LogP contribution in [0, 0.1) is 5.92 Å². The van der Waals surface area contributed by atoms with E-state index in [-0.39, 0.29) is 0 Å². The lowest BCUT2D eigenvalue weighted by Gasteiger charge is -2.50. The van der Waals surface area contributed by atoms with Crippen LogP contribution < -0.4 is 5.32 Å². The molecule has 1 atom stereocenters. The maximum atomic E-state index is 3.60. The van der Waals surface area contributed by atoms with Crippen molar-refractivity contribution in [3.8, 4) is 0 Å². The van der Waals surface area contributed by atoms with Crippen LogP contribution in [-0.2, 0) is 0 Å². The van der Waals surface area contributed by atoms with Crippen LogP contribution in [0.25, 0.3) is 0 Å². The van der Waals surface area contributed by atoms with Crippen molar-refractivity contribution in [1.29, 1.82) is 0 Å². The Hall–Kier alpha value is -0.0800. The number of likely N-dealkylation sites (N-methyl/N-ethyl adjacent to an activating group) is 2. The zero-order valence-electron chi connectivity index (χ0n) is 12.6. The predicted octanol–water partition coefficient (Wildman–Crippen LogP) is 3.28. The molecule has 0 spiro atoms. The highest BCUT2D eigenvalue weighted by atomic mass is 15.2. The van der Waals surface area contributed by atoms with Crippen molar-refractivity contribution in [3.63, 3.8) is 0 Å². The van der Waals surface area contributed by atoms with Crippen molar-refractivity contribution in [1.82, 2.24) is 10.2 Å². The Morgan fingerprint density at radius 3 is 2.29 bits per heavy atom. The van der Waals surface area contributed by atoms with E-state index in [1.54, 1.807) is 0 Å². The first kappa shape index (κ1) is 15.0. The second-order valence-corrected chi connectivity index (χ2v) is 6.16. The number of nitrogens with zero attached hydrogens (tertiary/aromatic N) is 1. The molecule has 1 aliphatic carbocycles. The summed E-state index contributed by atoms with van der Waals surface area (Å²) in [5.74, 6) is 0.923. The van der Waals surface area contributed by atoms with E-state index in [4.69, 9.17) is 0 Å². The monoisotopic (exact) mass is 240 g/mol. The molecule has 0 heterocycles. The summed E-state index contributed by atoms with van der Waals surface area (Å²) in [6.07, 6.45) is 9.46. The van der Waals surface area contributed by atoms with E-state index in [0.29, 0.717) is 11.6 Å². The van der Waals surface area contributed by atoms with Gasteiger partial charge in [0.1, 0.15) is 0 Å². The summed E-state index contributed by atoms with van der Waals surface area (Å²) in [5.41, 5.74) is 0.399. The van der Waals surface area contributed by atoms with E-state index >= 15 is 0 Å². The number of hydrogen-bond donors (Lipinski definition) is 1. The third kappa shape index (κ3) is 3.45. The fourth-order valence-corrected chi connectivity index (χ4v) is 3.46. The molecular weight excluding hydrogens is 208 g/mol. The SMILES string of the molecule is CCCCC(NC)C1(N(C)C)CCC(C)CC1. The van der Waals surface area contributed by atoms with Crippen molar-refractivity contribution >= 4 is 0 Å². The highest BCUT2D eigenvalue weighted by molar-refractivity contribution is 5.00. The van der Waals surface area contributed by atoms with Gasteiger partial charge in [-0.15, -0.1) is 0 Å². The van der Waals surface area contributed by atoms with E-state index in [1.807, 2.05) is 0 Å². The first-order valence-electron chi connectivity index (χ1n) is 7.41. The minimum atomic E-state index is 0.399. The topological polar surface area (TPSA) is 15.3 Å². The molecule has 0 aromatic heterocycles. The van der Waals surface area contributed by atoms with Gasteiger partial charge in [-0.1, -0.05) is 26.7 Å². The quantitative estimate of drug-likeness (QED) is 0.766. The molecule has 0 aromatic carbocycles. The Morgan fingerprint density at radius 1 is 1.29 bits per heavy atom. The maximum Gasteiger partial charge on any atom is 0.0356 e. The van der Waals surface area contributed by atoms with Gasteiger partial charge in [0.05, 0.1) is 0 Å². The van der Waals surface area contributed by atoms with Crippen molar-refractivity contribution in [2.45, 2.75) is 70.4 Å². The van der Waals surface area contributed by atoms with Crippen molar-refractivity contribution in [2.24, 2.45) is 5.92 Å². The molecule has 0 saturated heterocycles. The molecule has 1 saturated carbocycles. The van der Waals surface area contributed by atoms with Gasteiger partial charge in [-0.05, 0) is 59.2 Å². The van der Waals surface area contributed by atoms with E-state index in [1.165, 1.54) is 44.9 Å². The molecule has 1 unspecified atom stereocenters. The van der Waals surface area contributed by atoms with E-state index in [0.717, 1.165) is 5.92 Å². The molecule has 1 N–H and O–H groups in total. The minimum absolute atomic E-state index is 0.399. The number of unbranched alkanes of at least 4 members (excludes halogenated alkanes) is 1. The molecule has 0 amide bonds. The highest BCUT2D eigenvalue weighted by Gasteiger charge is 2.41. The number of nitrogens with one attached hydrogen (secondary N) is 1. The molecule has 1 fully saturated rings. The Bertz CT molecular complexity index is 205. The van der Waals surface area contributed by atoms with Gasteiger partial charge in [-0.25, -0.2) is 0 Å². The van der Waals surface area contributed by atoms with Crippen LogP contribution in [0.2, 0.25) is 0 Å². The molecule has 0 aromatic rings. The third-order valence-corrected chi connectivity index (χ3v) is 4.87. The largest absolute Gasteiger partial charge is 0.315 e. The predicted molar refractivity (Wildman–Crippen MR) is 76.4 cm³/mol. The van der Waals surface area contributed by atoms with Gasteiger partial charge in [0, 0.05) is 11.6 Å². The second kappa shape index (κ2) is 6.75. The molecule has 102 valence electrons. The summed E-state index contributed by atoms with van der Waals surface area (Å²) < 4.78 is 0. The van der Waals surface area contributed by atoms with Gasteiger partial charge in [-0.3, -0.25) is 0 Å². The molecule has 17 heavy (non-hydrogen) atoms. The van der Waals surface area contributed by atoms with Crippen LogP contribution in [-0.4, -0.2) is 37.6 Å². The zero-order valence-corrected chi connectivity index (χ0v) is 12.6. The molecular formula is C15H32N2. The Balaban J connectivity index is 2.74. The van der Waals surface area contributed by atoms with Gasteiger partial charge >= 0.3 is 0 Å². The first-order chi connectivity index (χ1) is 8.06. The van der Waals surface area contributed by atoms with E-state index in [9.17, 15) is 0 Å². The fraction of sp³-hybridized carbons (Fsp3) is 1.00. The minimum Gasteiger partial charge on any atom is -0.315 e. The maximum absolute atomic E-state index is 3.60. The Morgan fingerprint density at radius 2 is 1.88 bits per heavy atom. The summed E-state index contributed by atoms with van der Waals surface area (Å²) in [4.78, 5) is 2.50. The van der Waals surface area contributed by atoms with Gasteiger partial charge in [0.25, 0.3) is 0 Å². The van der Waals surface area contributed by atoms with Gasteiger partial charge in [0.2, 0.25) is 0 Å². The Labute approximate surface area is 108 Å². The Kier molecular flexibility index (Phi) is 5.94. The van der Waals surface area contributed by atoms with Crippen LogP contribution >= 0.6 is 0 Å². The first-order valence-corrected chi connectivity index (χ1v) is 7.41. The van der Waals surface area contributed by atoms with Crippen LogP contribution in [0.5, 0.6) is 0 Å². The summed E-state index contributed by atoms with van der Waals surface area (Å²) in [6.45, 7) is 4.69. The van der Waals surface area contributed by atoms with E-state index in [2.05, 4.69) is 45.2 Å². The van der Waals surface area contributed by atoms with Crippen LogP contribution in [0.4, 0.5) is 0 Å². The average Bonchev–Trinajstić information content (AvgIpc) is 2.32. The number of rotatable bonds is 6. The molecule has 2 nitrogen and oxygen atoms in total. The molecule has 1 rings (SSSR count). The van der Waals surface area contributed by atoms with Crippen molar-refractivity contribution in [3.05, 3.63) is 0 Å². The van der Waals surface area contributed by atoms with Crippen molar-refractivity contribution in [2.75, 3.05) is 21.1 Å². The molecule has 0 bridgehead atoms. The molecule has 0 radical (unpaired) electrons. The lowest BCUT2D eigenvalue weighted by atomic mass is 9.71. The molecule has 2 heteroatoms. The van der Waals surface area contributed by atoms with Crippen LogP contribution in [0.3, 0.4) is 0 Å². The van der Waals surface area contributed by atoms with Gasteiger partial charge in [0.15, 0.2) is 0 Å². The van der Waals surface area contributed by atoms with Crippen LogP contribution in [0.1, 0.15) is 58.8 Å². The van der Waals surface area contributed by atoms with Crippen molar-refractivity contribution < 1.29 is 0 Å². The standard InChI is InChI=1S/C15H32N2/c1-6-7-8-14(16-3)15(17(4)5)11-9-13(2)10-12-15/h13-14,16H,6-12H2,1-5H3. The second-order valence-electron chi connectivity index (χ2n) is 6.16. The average molecular weight is 240 g/mol. The third-order valence-electron chi connectivity index (χ3n) is 4.87. The summed E-state index contributed by atoms with van der Waals surface area (Å²) >= 11 is 0. The van der Waals surface area contributed by atoms with Crippen LogP contribution in [0.15, 0.2) is 0 Å². The molecule has 1 aliphatic rings. The zero-order chi connectivity index (χ0) is 12.9. The van der Waals surface area contributed by atoms with Gasteiger partial charge in [-0.2, -0.15) is 0 Å².